The summed E-state index contributed by atoms with van der Waals surface area (Å²) in [6.45, 7) is 14.8. The van der Waals surface area contributed by atoms with Crippen LogP contribution in [-0.2, 0) is 9.47 Å². The Morgan fingerprint density at radius 2 is 1.84 bits per heavy atom. The van der Waals surface area contributed by atoms with Crippen LogP contribution in [0.4, 0.5) is 0 Å². The predicted octanol–water partition coefficient (Wildman–Crippen LogP) is 2.33. The van der Waals surface area contributed by atoms with Crippen molar-refractivity contribution < 1.29 is 9.47 Å². The Bertz CT molecular complexity index is 348. The molecule has 0 saturated carbocycles. The molecule has 7 heteroatoms. The van der Waals surface area contributed by atoms with Crippen molar-refractivity contribution in [3.63, 3.8) is 0 Å². The molecule has 150 valence electrons. The second-order valence-electron chi connectivity index (χ2n) is 6.51. The topological polar surface area (TPSA) is 58.1 Å². The highest BCUT2D eigenvalue weighted by molar-refractivity contribution is 14.0. The highest BCUT2D eigenvalue weighted by atomic mass is 127. The first-order chi connectivity index (χ1) is 11.7. The zero-order chi connectivity index (χ0) is 17.8. The summed E-state index contributed by atoms with van der Waals surface area (Å²) in [5, 5.41) is 6.77. The molecule has 1 fully saturated rings. The minimum Gasteiger partial charge on any atom is -0.383 e. The minimum atomic E-state index is 0. The predicted molar refractivity (Wildman–Crippen MR) is 116 cm³/mol. The van der Waals surface area contributed by atoms with Gasteiger partial charge in [-0.05, 0) is 19.8 Å². The lowest BCUT2D eigenvalue weighted by atomic mass is 9.92. The maximum atomic E-state index is 5.52. The molecule has 0 amide bonds. The fourth-order valence-corrected chi connectivity index (χ4v) is 3.33. The van der Waals surface area contributed by atoms with E-state index in [1.54, 1.807) is 7.11 Å². The summed E-state index contributed by atoms with van der Waals surface area (Å²) in [4.78, 5) is 7.45. The summed E-state index contributed by atoms with van der Waals surface area (Å²) in [7, 11) is 1.73. The van der Waals surface area contributed by atoms with E-state index in [4.69, 9.17) is 14.5 Å². The van der Waals surface area contributed by atoms with E-state index in [1.807, 2.05) is 0 Å². The third-order valence-corrected chi connectivity index (χ3v) is 4.69. The summed E-state index contributed by atoms with van der Waals surface area (Å²) >= 11 is 0. The van der Waals surface area contributed by atoms with E-state index in [0.717, 1.165) is 45.4 Å². The van der Waals surface area contributed by atoms with Gasteiger partial charge in [-0.15, -0.1) is 24.0 Å². The summed E-state index contributed by atoms with van der Waals surface area (Å²) < 4.78 is 10.7. The largest absolute Gasteiger partial charge is 0.383 e. The molecule has 0 aromatic carbocycles. The number of hydrogen-bond donors (Lipinski definition) is 2. The molecular weight excluding hydrogens is 431 g/mol. The van der Waals surface area contributed by atoms with E-state index in [1.165, 1.54) is 12.8 Å². The normalized spacial score (nSPS) is 18.6. The third kappa shape index (κ3) is 9.40. The van der Waals surface area contributed by atoms with Crippen molar-refractivity contribution in [3.8, 4) is 0 Å². The fraction of sp³-hybridized carbons (Fsp3) is 0.944. The number of methoxy groups -OCH3 is 1. The lowest BCUT2D eigenvalue weighted by Gasteiger charge is -2.38. The molecule has 0 aromatic rings. The first-order valence-electron chi connectivity index (χ1n) is 9.51. The quantitative estimate of drug-likeness (QED) is 0.292. The Kier molecular flexibility index (Phi) is 14.9. The molecule has 25 heavy (non-hydrogen) atoms. The van der Waals surface area contributed by atoms with E-state index < -0.39 is 0 Å². The van der Waals surface area contributed by atoms with Crippen LogP contribution in [0.1, 0.15) is 40.5 Å². The molecule has 2 N–H and O–H groups in total. The standard InChI is InChI=1S/C18H38N4O2.HI/c1-6-16(7-2)17(22-9-11-24-12-10-22)13-20-18(19-8-3)21-15(4)14-23-5;/h15-17H,6-14H2,1-5H3,(H2,19,20,21);1H. The van der Waals surface area contributed by atoms with Crippen molar-refractivity contribution in [2.45, 2.75) is 52.6 Å². The second kappa shape index (κ2) is 15.0. The van der Waals surface area contributed by atoms with Gasteiger partial charge in [-0.3, -0.25) is 9.89 Å². The van der Waals surface area contributed by atoms with Gasteiger partial charge in [-0.2, -0.15) is 0 Å². The zero-order valence-electron chi connectivity index (χ0n) is 16.7. The van der Waals surface area contributed by atoms with Crippen LogP contribution in [0.3, 0.4) is 0 Å². The van der Waals surface area contributed by atoms with Crippen LogP contribution in [0.25, 0.3) is 0 Å². The molecule has 2 atom stereocenters. The van der Waals surface area contributed by atoms with E-state index in [2.05, 4.69) is 43.2 Å². The smallest absolute Gasteiger partial charge is 0.191 e. The number of aliphatic imine (C=N–C) groups is 1. The summed E-state index contributed by atoms with van der Waals surface area (Å²) in [6, 6.07) is 0.722. The maximum Gasteiger partial charge on any atom is 0.191 e. The van der Waals surface area contributed by atoms with Crippen LogP contribution in [0.5, 0.6) is 0 Å². The number of nitrogens with zero attached hydrogens (tertiary/aromatic N) is 2. The number of guanidine groups is 1. The first-order valence-corrected chi connectivity index (χ1v) is 9.51. The fourth-order valence-electron chi connectivity index (χ4n) is 3.33. The first kappa shape index (κ1) is 24.9. The number of nitrogens with one attached hydrogen (secondary N) is 2. The molecule has 0 radical (unpaired) electrons. The maximum absolute atomic E-state index is 5.52. The molecule has 1 rings (SSSR count). The van der Waals surface area contributed by atoms with Gasteiger partial charge in [0.05, 0.1) is 26.4 Å². The Hall–Kier alpha value is -0.120. The number of halogens is 1. The molecule has 1 aliphatic heterocycles. The molecule has 0 spiro atoms. The van der Waals surface area contributed by atoms with Gasteiger partial charge in [0, 0.05) is 38.8 Å². The van der Waals surface area contributed by atoms with Crippen LogP contribution >= 0.6 is 24.0 Å². The summed E-state index contributed by atoms with van der Waals surface area (Å²) in [5.41, 5.74) is 0. The van der Waals surface area contributed by atoms with E-state index in [9.17, 15) is 0 Å². The zero-order valence-corrected chi connectivity index (χ0v) is 19.0. The third-order valence-electron chi connectivity index (χ3n) is 4.69. The molecule has 0 aliphatic carbocycles. The summed E-state index contributed by atoms with van der Waals surface area (Å²) in [5.74, 6) is 1.55. The molecule has 1 saturated heterocycles. The minimum absolute atomic E-state index is 0. The van der Waals surface area contributed by atoms with Crippen molar-refractivity contribution in [3.05, 3.63) is 0 Å². The number of rotatable bonds is 10. The van der Waals surface area contributed by atoms with Gasteiger partial charge < -0.3 is 20.1 Å². The van der Waals surface area contributed by atoms with Gasteiger partial charge >= 0.3 is 0 Å². The highest BCUT2D eigenvalue weighted by Gasteiger charge is 2.26. The second-order valence-corrected chi connectivity index (χ2v) is 6.51. The number of ether oxygens (including phenoxy) is 2. The van der Waals surface area contributed by atoms with Crippen molar-refractivity contribution in [2.24, 2.45) is 10.9 Å². The van der Waals surface area contributed by atoms with Crippen LogP contribution in [0.2, 0.25) is 0 Å². The molecule has 6 nitrogen and oxygen atoms in total. The van der Waals surface area contributed by atoms with Crippen molar-refractivity contribution >= 4 is 29.9 Å². The van der Waals surface area contributed by atoms with Gasteiger partial charge in [0.15, 0.2) is 5.96 Å². The molecule has 0 aromatic heterocycles. The SMILES string of the molecule is CCNC(=NCC(C(CC)CC)N1CCOCC1)NC(C)COC.I. The van der Waals surface area contributed by atoms with Crippen molar-refractivity contribution in [2.75, 3.05) is 53.1 Å². The van der Waals surface area contributed by atoms with Crippen molar-refractivity contribution in [1.82, 2.24) is 15.5 Å². The van der Waals surface area contributed by atoms with Gasteiger partial charge in [-0.1, -0.05) is 26.7 Å². The lowest BCUT2D eigenvalue weighted by molar-refractivity contribution is 0.00394. The van der Waals surface area contributed by atoms with Crippen LogP contribution in [-0.4, -0.2) is 76.1 Å². The highest BCUT2D eigenvalue weighted by Crippen LogP contribution is 2.20. The van der Waals surface area contributed by atoms with E-state index in [0.29, 0.717) is 18.6 Å². The van der Waals surface area contributed by atoms with E-state index >= 15 is 0 Å². The van der Waals surface area contributed by atoms with Crippen molar-refractivity contribution in [1.29, 1.82) is 0 Å². The Morgan fingerprint density at radius 1 is 1.20 bits per heavy atom. The Balaban J connectivity index is 0.00000576. The Labute approximate surface area is 171 Å². The number of hydrogen-bond acceptors (Lipinski definition) is 4. The van der Waals surface area contributed by atoms with E-state index in [-0.39, 0.29) is 30.0 Å². The average Bonchev–Trinajstić information content (AvgIpc) is 2.59. The molecule has 1 aliphatic rings. The van der Waals surface area contributed by atoms with Gasteiger partial charge in [0.2, 0.25) is 0 Å². The number of morpholine rings is 1. The average molecular weight is 470 g/mol. The molecule has 1 heterocycles. The molecule has 0 bridgehead atoms. The lowest BCUT2D eigenvalue weighted by Crippen LogP contribution is -2.49. The van der Waals surface area contributed by atoms with Gasteiger partial charge in [0.25, 0.3) is 0 Å². The van der Waals surface area contributed by atoms with Gasteiger partial charge in [-0.25, -0.2) is 0 Å². The monoisotopic (exact) mass is 470 g/mol. The Morgan fingerprint density at radius 3 is 2.36 bits per heavy atom. The van der Waals surface area contributed by atoms with Crippen LogP contribution in [0, 0.1) is 5.92 Å². The molecule has 2 unspecified atom stereocenters. The van der Waals surface area contributed by atoms with Gasteiger partial charge in [0.1, 0.15) is 0 Å². The molecular formula is C18H39IN4O2. The summed E-state index contributed by atoms with van der Waals surface area (Å²) in [6.07, 6.45) is 2.39. The van der Waals surface area contributed by atoms with Crippen LogP contribution < -0.4 is 10.6 Å². The van der Waals surface area contributed by atoms with Crippen LogP contribution in [0.15, 0.2) is 4.99 Å².